The van der Waals surface area contributed by atoms with Crippen molar-refractivity contribution in [3.63, 3.8) is 0 Å². The van der Waals surface area contributed by atoms with Gasteiger partial charge in [-0.25, -0.2) is 9.69 Å². The van der Waals surface area contributed by atoms with E-state index in [1.165, 1.54) is 0 Å². The average molecular weight is 372 g/mol. The standard InChI is InChI=1S/C19H24N4O4/c1-13-18(26)23(19(27)20-13)15-8-5-4-7-14(15)21-16(24)10-12-22-11-6-2-3-9-17(22)25/h4-5,7-8,13H,2-3,6,9-12H2,1H3,(H,20,27)(H,21,24). The molecule has 0 aliphatic carbocycles. The Morgan fingerprint density at radius 3 is 2.70 bits per heavy atom. The Bertz CT molecular complexity index is 764. The van der Waals surface area contributed by atoms with E-state index >= 15 is 0 Å². The van der Waals surface area contributed by atoms with Gasteiger partial charge in [0, 0.05) is 25.9 Å². The lowest BCUT2D eigenvalue weighted by molar-refractivity contribution is -0.131. The zero-order valence-corrected chi connectivity index (χ0v) is 15.4. The molecule has 2 aliphatic heterocycles. The third kappa shape index (κ3) is 4.27. The zero-order chi connectivity index (χ0) is 19.4. The Labute approximate surface area is 157 Å². The molecule has 0 saturated carbocycles. The molecule has 2 fully saturated rings. The van der Waals surface area contributed by atoms with Crippen molar-refractivity contribution in [2.24, 2.45) is 0 Å². The number of urea groups is 1. The molecule has 0 aromatic heterocycles. The number of carbonyl (C=O) groups is 4. The maximum Gasteiger partial charge on any atom is 0.329 e. The van der Waals surface area contributed by atoms with Crippen LogP contribution in [0.15, 0.2) is 24.3 Å². The van der Waals surface area contributed by atoms with Gasteiger partial charge in [-0.05, 0) is 31.9 Å². The van der Waals surface area contributed by atoms with Crippen molar-refractivity contribution in [3.8, 4) is 0 Å². The fraction of sp³-hybridized carbons (Fsp3) is 0.474. The van der Waals surface area contributed by atoms with Gasteiger partial charge < -0.3 is 15.5 Å². The van der Waals surface area contributed by atoms with Crippen LogP contribution in [0, 0.1) is 0 Å². The first-order valence-corrected chi connectivity index (χ1v) is 9.28. The van der Waals surface area contributed by atoms with Gasteiger partial charge in [0.15, 0.2) is 0 Å². The highest BCUT2D eigenvalue weighted by molar-refractivity contribution is 6.23. The molecule has 27 heavy (non-hydrogen) atoms. The van der Waals surface area contributed by atoms with Gasteiger partial charge in [-0.15, -0.1) is 0 Å². The molecule has 2 saturated heterocycles. The summed E-state index contributed by atoms with van der Waals surface area (Å²) in [6, 6.07) is 5.57. The molecule has 5 amide bonds. The van der Waals surface area contributed by atoms with E-state index in [-0.39, 0.29) is 24.1 Å². The minimum atomic E-state index is -0.602. The van der Waals surface area contributed by atoms with Crippen LogP contribution in [0.3, 0.4) is 0 Å². The van der Waals surface area contributed by atoms with E-state index in [4.69, 9.17) is 0 Å². The lowest BCUT2D eigenvalue weighted by Crippen LogP contribution is -2.34. The van der Waals surface area contributed by atoms with Crippen molar-refractivity contribution < 1.29 is 19.2 Å². The van der Waals surface area contributed by atoms with E-state index in [1.807, 2.05) is 0 Å². The quantitative estimate of drug-likeness (QED) is 0.771. The van der Waals surface area contributed by atoms with Crippen molar-refractivity contribution in [3.05, 3.63) is 24.3 Å². The van der Waals surface area contributed by atoms with E-state index in [9.17, 15) is 19.2 Å². The minimum absolute atomic E-state index is 0.0917. The van der Waals surface area contributed by atoms with E-state index in [0.717, 1.165) is 24.2 Å². The summed E-state index contributed by atoms with van der Waals surface area (Å²) in [4.78, 5) is 51.5. The molecule has 8 heteroatoms. The summed E-state index contributed by atoms with van der Waals surface area (Å²) in [6.07, 6.45) is 3.59. The summed E-state index contributed by atoms with van der Waals surface area (Å²) in [5.41, 5.74) is 0.728. The molecule has 1 aromatic carbocycles. The molecule has 2 heterocycles. The number of imide groups is 1. The van der Waals surface area contributed by atoms with Crippen LogP contribution in [0.5, 0.6) is 0 Å². The molecule has 1 aromatic rings. The largest absolute Gasteiger partial charge is 0.342 e. The number of carbonyl (C=O) groups excluding carboxylic acids is 4. The van der Waals surface area contributed by atoms with Crippen molar-refractivity contribution >= 4 is 35.1 Å². The summed E-state index contributed by atoms with van der Waals surface area (Å²) in [7, 11) is 0. The molecule has 144 valence electrons. The Hall–Kier alpha value is -2.90. The first-order valence-electron chi connectivity index (χ1n) is 9.28. The summed E-state index contributed by atoms with van der Waals surface area (Å²) in [5.74, 6) is -0.537. The number of hydrogen-bond donors (Lipinski definition) is 2. The van der Waals surface area contributed by atoms with Gasteiger partial charge in [0.2, 0.25) is 11.8 Å². The molecule has 2 N–H and O–H groups in total. The van der Waals surface area contributed by atoms with Gasteiger partial charge in [-0.1, -0.05) is 18.6 Å². The second kappa shape index (κ2) is 8.20. The SMILES string of the molecule is CC1NC(=O)N(c2ccccc2NC(=O)CCN2CCCCCC2=O)C1=O. The maximum atomic E-state index is 12.4. The van der Waals surface area contributed by atoms with Crippen LogP contribution in [0.4, 0.5) is 16.2 Å². The first kappa shape index (κ1) is 18.9. The second-order valence-electron chi connectivity index (χ2n) is 6.85. The molecule has 1 unspecified atom stereocenters. The summed E-state index contributed by atoms with van der Waals surface area (Å²) < 4.78 is 0. The topological polar surface area (TPSA) is 98.8 Å². The van der Waals surface area contributed by atoms with Gasteiger partial charge in [0.05, 0.1) is 11.4 Å². The van der Waals surface area contributed by atoms with Gasteiger partial charge >= 0.3 is 6.03 Å². The number of hydrogen-bond acceptors (Lipinski definition) is 4. The number of likely N-dealkylation sites (tertiary alicyclic amines) is 1. The lowest BCUT2D eigenvalue weighted by Gasteiger charge is -2.21. The fourth-order valence-electron chi connectivity index (χ4n) is 3.33. The molecule has 2 aliphatic rings. The van der Waals surface area contributed by atoms with Crippen LogP contribution in [-0.4, -0.2) is 47.8 Å². The normalized spacial score (nSPS) is 20.5. The predicted molar refractivity (Wildman–Crippen MR) is 100 cm³/mol. The van der Waals surface area contributed by atoms with Gasteiger partial charge in [-0.2, -0.15) is 0 Å². The maximum absolute atomic E-state index is 12.4. The molecule has 1 atom stereocenters. The van der Waals surface area contributed by atoms with Crippen LogP contribution >= 0.6 is 0 Å². The Morgan fingerprint density at radius 1 is 1.19 bits per heavy atom. The van der Waals surface area contributed by atoms with Crippen molar-refractivity contribution in [1.82, 2.24) is 10.2 Å². The third-order valence-electron chi connectivity index (χ3n) is 4.83. The zero-order valence-electron chi connectivity index (χ0n) is 15.4. The summed E-state index contributed by atoms with van der Waals surface area (Å²) in [5, 5.41) is 5.32. The van der Waals surface area contributed by atoms with Crippen LogP contribution < -0.4 is 15.5 Å². The number of benzene rings is 1. The highest BCUT2D eigenvalue weighted by Gasteiger charge is 2.37. The molecular weight excluding hydrogens is 348 g/mol. The average Bonchev–Trinajstić information content (AvgIpc) is 2.78. The van der Waals surface area contributed by atoms with Gasteiger partial charge in [0.1, 0.15) is 6.04 Å². The number of rotatable bonds is 5. The lowest BCUT2D eigenvalue weighted by atomic mass is 10.2. The van der Waals surface area contributed by atoms with E-state index in [1.54, 1.807) is 36.1 Å². The fourth-order valence-corrected chi connectivity index (χ4v) is 3.33. The summed E-state index contributed by atoms with van der Waals surface area (Å²) in [6.45, 7) is 2.66. The highest BCUT2D eigenvalue weighted by Crippen LogP contribution is 2.28. The van der Waals surface area contributed by atoms with Gasteiger partial charge in [-0.3, -0.25) is 14.4 Å². The minimum Gasteiger partial charge on any atom is -0.342 e. The molecule has 3 rings (SSSR count). The van der Waals surface area contributed by atoms with Crippen LogP contribution in [0.2, 0.25) is 0 Å². The third-order valence-corrected chi connectivity index (χ3v) is 4.83. The van der Waals surface area contributed by atoms with Crippen LogP contribution in [0.25, 0.3) is 0 Å². The Morgan fingerprint density at radius 2 is 1.96 bits per heavy atom. The molecule has 0 spiro atoms. The molecule has 0 radical (unpaired) electrons. The van der Waals surface area contributed by atoms with Crippen molar-refractivity contribution in [1.29, 1.82) is 0 Å². The van der Waals surface area contributed by atoms with Crippen molar-refractivity contribution in [2.45, 2.75) is 45.1 Å². The Balaban J connectivity index is 1.65. The number of anilines is 2. The Kier molecular flexibility index (Phi) is 5.73. The van der Waals surface area contributed by atoms with E-state index in [2.05, 4.69) is 10.6 Å². The monoisotopic (exact) mass is 372 g/mol. The molecule has 8 nitrogen and oxygen atoms in total. The number of nitrogens with one attached hydrogen (secondary N) is 2. The first-order chi connectivity index (χ1) is 13.0. The second-order valence-corrected chi connectivity index (χ2v) is 6.85. The summed E-state index contributed by atoms with van der Waals surface area (Å²) >= 11 is 0. The highest BCUT2D eigenvalue weighted by atomic mass is 16.2. The van der Waals surface area contributed by atoms with E-state index < -0.39 is 12.1 Å². The molecular formula is C19H24N4O4. The number of para-hydroxylation sites is 2. The smallest absolute Gasteiger partial charge is 0.329 e. The number of nitrogens with zero attached hydrogens (tertiary/aromatic N) is 2. The predicted octanol–water partition coefficient (Wildman–Crippen LogP) is 1.86. The van der Waals surface area contributed by atoms with Crippen LogP contribution in [0.1, 0.15) is 39.0 Å². The van der Waals surface area contributed by atoms with Gasteiger partial charge in [0.25, 0.3) is 5.91 Å². The van der Waals surface area contributed by atoms with E-state index in [0.29, 0.717) is 30.9 Å². The number of amides is 5. The molecule has 0 bridgehead atoms. The van der Waals surface area contributed by atoms with Crippen molar-refractivity contribution in [2.75, 3.05) is 23.3 Å². The van der Waals surface area contributed by atoms with Crippen LogP contribution in [-0.2, 0) is 14.4 Å².